The summed E-state index contributed by atoms with van der Waals surface area (Å²) in [7, 11) is 1.72. The van der Waals surface area contributed by atoms with Crippen LogP contribution in [0.15, 0.2) is 29.1 Å². The number of nitrogens with zero attached hydrogens (tertiary/aromatic N) is 4. The lowest BCUT2D eigenvalue weighted by molar-refractivity contribution is 0.854. The Labute approximate surface area is 97.3 Å². The fourth-order valence-corrected chi connectivity index (χ4v) is 2.12. The highest BCUT2D eigenvalue weighted by Crippen LogP contribution is 2.13. The van der Waals surface area contributed by atoms with Crippen LogP contribution < -0.4 is 5.56 Å². The molecule has 0 N–H and O–H groups in total. The number of para-hydroxylation sites is 1. The minimum Gasteiger partial charge on any atom is -0.279 e. The Balaban J connectivity index is 2.69. The maximum Gasteiger partial charge on any atom is 0.262 e. The molecular formula is C12H12N4O. The molecule has 0 saturated carbocycles. The Bertz CT molecular complexity index is 769. The molecule has 0 aliphatic rings. The molecule has 1 aromatic carbocycles. The van der Waals surface area contributed by atoms with Crippen molar-refractivity contribution in [1.82, 2.24) is 19.2 Å². The topological polar surface area (TPSA) is 52.2 Å². The van der Waals surface area contributed by atoms with Gasteiger partial charge in [-0.2, -0.15) is 0 Å². The first-order valence-corrected chi connectivity index (χ1v) is 5.55. The normalized spacial score (nSPS) is 11.4. The summed E-state index contributed by atoms with van der Waals surface area (Å²) in [6.45, 7) is 2.02. The molecule has 5 nitrogen and oxygen atoms in total. The van der Waals surface area contributed by atoms with E-state index in [1.54, 1.807) is 7.05 Å². The number of hydrogen-bond acceptors (Lipinski definition) is 3. The average Bonchev–Trinajstić information content (AvgIpc) is 2.80. The van der Waals surface area contributed by atoms with Crippen molar-refractivity contribution < 1.29 is 0 Å². The fraction of sp³-hybridized carbons (Fsp3) is 0.250. The number of fused-ring (bicyclic) bond motifs is 3. The van der Waals surface area contributed by atoms with Crippen molar-refractivity contribution in [3.63, 3.8) is 0 Å². The number of rotatable bonds is 1. The highest BCUT2D eigenvalue weighted by atomic mass is 16.1. The quantitative estimate of drug-likeness (QED) is 0.627. The van der Waals surface area contributed by atoms with E-state index in [4.69, 9.17) is 0 Å². The van der Waals surface area contributed by atoms with E-state index in [0.29, 0.717) is 11.2 Å². The van der Waals surface area contributed by atoms with Crippen molar-refractivity contribution >= 4 is 16.7 Å². The van der Waals surface area contributed by atoms with E-state index in [1.165, 1.54) is 4.57 Å². The van der Waals surface area contributed by atoms with Crippen LogP contribution in [0.2, 0.25) is 0 Å². The zero-order valence-corrected chi connectivity index (χ0v) is 9.71. The molecule has 2 heterocycles. The lowest BCUT2D eigenvalue weighted by Crippen LogP contribution is -2.20. The van der Waals surface area contributed by atoms with Crippen LogP contribution in [0.5, 0.6) is 0 Å². The van der Waals surface area contributed by atoms with Crippen molar-refractivity contribution in [1.29, 1.82) is 0 Å². The lowest BCUT2D eigenvalue weighted by atomic mass is 10.2. The maximum absolute atomic E-state index is 12.1. The molecule has 3 aromatic rings. The van der Waals surface area contributed by atoms with Crippen molar-refractivity contribution in [2.45, 2.75) is 13.3 Å². The summed E-state index contributed by atoms with van der Waals surface area (Å²) in [4.78, 5) is 12.1. The van der Waals surface area contributed by atoms with E-state index >= 15 is 0 Å². The first-order chi connectivity index (χ1) is 8.24. The summed E-state index contributed by atoms with van der Waals surface area (Å²) in [5, 5.41) is 8.89. The minimum atomic E-state index is -0.0387. The molecule has 0 aliphatic heterocycles. The Morgan fingerprint density at radius 1 is 1.24 bits per heavy atom. The van der Waals surface area contributed by atoms with E-state index in [9.17, 15) is 4.79 Å². The Morgan fingerprint density at radius 3 is 2.76 bits per heavy atom. The molecule has 0 amide bonds. The van der Waals surface area contributed by atoms with E-state index in [1.807, 2.05) is 35.6 Å². The second-order valence-electron chi connectivity index (χ2n) is 3.99. The Morgan fingerprint density at radius 2 is 2.00 bits per heavy atom. The second-order valence-corrected chi connectivity index (χ2v) is 3.99. The van der Waals surface area contributed by atoms with Gasteiger partial charge in [0.15, 0.2) is 0 Å². The standard InChI is InChI=1S/C12H12N4O/c1-3-10-13-14-12-15(2)11(17)8-6-4-5-7-9(8)16(10)12/h4-7H,3H2,1-2H3. The summed E-state index contributed by atoms with van der Waals surface area (Å²) in [5.74, 6) is 1.46. The van der Waals surface area contributed by atoms with Gasteiger partial charge in [-0.25, -0.2) is 0 Å². The Hall–Kier alpha value is -2.17. The van der Waals surface area contributed by atoms with Crippen LogP contribution in [-0.2, 0) is 13.5 Å². The van der Waals surface area contributed by atoms with Crippen molar-refractivity contribution in [3.8, 4) is 0 Å². The summed E-state index contributed by atoms with van der Waals surface area (Å²) in [5.41, 5.74) is 0.829. The van der Waals surface area contributed by atoms with Gasteiger partial charge in [-0.3, -0.25) is 13.8 Å². The molecule has 0 saturated heterocycles. The van der Waals surface area contributed by atoms with Gasteiger partial charge in [0.1, 0.15) is 5.82 Å². The van der Waals surface area contributed by atoms with Gasteiger partial charge in [-0.15, -0.1) is 10.2 Å². The van der Waals surface area contributed by atoms with E-state index in [-0.39, 0.29) is 5.56 Å². The van der Waals surface area contributed by atoms with Crippen LogP contribution in [0.1, 0.15) is 12.7 Å². The van der Waals surface area contributed by atoms with Crippen LogP contribution in [0, 0.1) is 0 Å². The number of aromatic nitrogens is 4. The number of aryl methyl sites for hydroxylation is 2. The third-order valence-corrected chi connectivity index (χ3v) is 3.01. The summed E-state index contributed by atoms with van der Waals surface area (Å²) in [6.07, 6.45) is 0.781. The zero-order valence-electron chi connectivity index (χ0n) is 9.71. The highest BCUT2D eigenvalue weighted by molar-refractivity contribution is 5.80. The van der Waals surface area contributed by atoms with Crippen molar-refractivity contribution in [2.24, 2.45) is 7.05 Å². The van der Waals surface area contributed by atoms with Crippen LogP contribution >= 0.6 is 0 Å². The third kappa shape index (κ3) is 1.22. The largest absolute Gasteiger partial charge is 0.279 e. The van der Waals surface area contributed by atoms with Crippen LogP contribution in [0.4, 0.5) is 0 Å². The van der Waals surface area contributed by atoms with Crippen molar-refractivity contribution in [3.05, 3.63) is 40.4 Å². The summed E-state index contributed by atoms with van der Waals surface area (Å²) in [6, 6.07) is 7.54. The first-order valence-electron chi connectivity index (χ1n) is 5.55. The molecule has 3 rings (SSSR count). The molecule has 0 bridgehead atoms. The van der Waals surface area contributed by atoms with Gasteiger partial charge in [-0.05, 0) is 12.1 Å². The number of benzene rings is 1. The smallest absolute Gasteiger partial charge is 0.262 e. The van der Waals surface area contributed by atoms with Gasteiger partial charge in [-0.1, -0.05) is 19.1 Å². The molecule has 0 radical (unpaired) electrons. The van der Waals surface area contributed by atoms with Gasteiger partial charge in [0.05, 0.1) is 10.9 Å². The van der Waals surface area contributed by atoms with Crippen LogP contribution in [-0.4, -0.2) is 19.2 Å². The predicted molar refractivity (Wildman–Crippen MR) is 65.1 cm³/mol. The highest BCUT2D eigenvalue weighted by Gasteiger charge is 2.12. The summed E-state index contributed by atoms with van der Waals surface area (Å²) >= 11 is 0. The monoisotopic (exact) mass is 228 g/mol. The maximum atomic E-state index is 12.1. The Kier molecular flexibility index (Phi) is 2.01. The fourth-order valence-electron chi connectivity index (χ4n) is 2.12. The van der Waals surface area contributed by atoms with Gasteiger partial charge in [0.2, 0.25) is 5.78 Å². The van der Waals surface area contributed by atoms with Crippen molar-refractivity contribution in [2.75, 3.05) is 0 Å². The molecular weight excluding hydrogens is 216 g/mol. The summed E-state index contributed by atoms with van der Waals surface area (Å²) < 4.78 is 3.48. The van der Waals surface area contributed by atoms with Gasteiger partial charge in [0.25, 0.3) is 5.56 Å². The molecule has 0 unspecified atom stereocenters. The molecule has 0 atom stereocenters. The molecule has 2 aromatic heterocycles. The van der Waals surface area contributed by atoms with Gasteiger partial charge >= 0.3 is 0 Å². The van der Waals surface area contributed by atoms with E-state index in [0.717, 1.165) is 17.8 Å². The number of hydrogen-bond donors (Lipinski definition) is 0. The second kappa shape index (κ2) is 3.41. The average molecular weight is 228 g/mol. The zero-order chi connectivity index (χ0) is 12.0. The van der Waals surface area contributed by atoms with E-state index in [2.05, 4.69) is 10.2 Å². The van der Waals surface area contributed by atoms with E-state index < -0.39 is 0 Å². The van der Waals surface area contributed by atoms with Crippen LogP contribution in [0.3, 0.4) is 0 Å². The molecule has 0 fully saturated rings. The molecule has 5 heteroatoms. The first kappa shape index (κ1) is 10.0. The van der Waals surface area contributed by atoms with Gasteiger partial charge in [0, 0.05) is 13.5 Å². The third-order valence-electron chi connectivity index (χ3n) is 3.01. The van der Waals surface area contributed by atoms with Crippen LogP contribution in [0.25, 0.3) is 16.7 Å². The SMILES string of the molecule is CCc1nnc2n(C)c(=O)c3ccccc3n12. The molecule has 17 heavy (non-hydrogen) atoms. The minimum absolute atomic E-state index is 0.0387. The lowest BCUT2D eigenvalue weighted by Gasteiger charge is -2.06. The van der Waals surface area contributed by atoms with Gasteiger partial charge < -0.3 is 0 Å². The molecule has 0 aliphatic carbocycles. The predicted octanol–water partition coefficient (Wildman–Crippen LogP) is 1.14. The molecule has 86 valence electrons. The molecule has 0 spiro atoms.